The average Bonchev–Trinajstić information content (AvgIpc) is 3.24. The fourth-order valence-corrected chi connectivity index (χ4v) is 8.96. The number of amides is 1. The number of carbonyl (C=O) groups is 1. The summed E-state index contributed by atoms with van der Waals surface area (Å²) >= 11 is 6.33. The van der Waals surface area contributed by atoms with Crippen LogP contribution in [-0.2, 0) is 14.6 Å². The molecule has 0 aliphatic carbocycles. The van der Waals surface area contributed by atoms with Crippen molar-refractivity contribution in [1.29, 1.82) is 0 Å². The lowest BCUT2D eigenvalue weighted by molar-refractivity contribution is -0.202. The summed E-state index contributed by atoms with van der Waals surface area (Å²) in [4.78, 5) is 16.2. The number of halogens is 4. The summed E-state index contributed by atoms with van der Waals surface area (Å²) < 4.78 is 66.3. The standard InChI is InChI=1S/C23H38ClF3N6O3S/c1-31(22(34)14-6-9-37(35,36)10-7-14)21(23(25,26)27)15-4-5-19(28-12-15)32-8-2-3-16-17(32)13-29-20-11-18(24)30-33(16)20/h14-21,28-30H,2-13H2,1H3/t15?,16?,17?,18?,19?,20?,21-/m0/s1. The third kappa shape index (κ3) is 5.78. The maximum Gasteiger partial charge on any atom is 0.409 e. The summed E-state index contributed by atoms with van der Waals surface area (Å²) in [6.45, 7) is 1.87. The van der Waals surface area contributed by atoms with Crippen molar-refractivity contribution in [3.05, 3.63) is 0 Å². The summed E-state index contributed by atoms with van der Waals surface area (Å²) in [5.41, 5.74) is 3.27. The van der Waals surface area contributed by atoms with Gasteiger partial charge in [-0.3, -0.25) is 15.0 Å². The summed E-state index contributed by atoms with van der Waals surface area (Å²) in [6.07, 6.45) is -0.386. The molecular formula is C23H38ClF3N6O3S. The van der Waals surface area contributed by atoms with Gasteiger partial charge in [0.05, 0.1) is 29.3 Å². The number of sulfone groups is 1. The highest BCUT2D eigenvalue weighted by molar-refractivity contribution is 7.91. The zero-order valence-corrected chi connectivity index (χ0v) is 22.7. The SMILES string of the molecule is CN(C(=O)C1CCS(=O)(=O)CC1)[C@@H](C1CCC(N2CCCC3C2CNC2CC(Cl)NN23)NC1)C(F)(F)F. The van der Waals surface area contributed by atoms with Gasteiger partial charge in [0.15, 0.2) is 0 Å². The van der Waals surface area contributed by atoms with Gasteiger partial charge in [-0.15, -0.1) is 11.6 Å². The van der Waals surface area contributed by atoms with Crippen molar-refractivity contribution in [2.24, 2.45) is 11.8 Å². The number of likely N-dealkylation sites (tertiary alicyclic amines) is 1. The quantitative estimate of drug-likeness (QED) is 0.341. The second-order valence-corrected chi connectivity index (χ2v) is 14.1. The molecule has 0 aromatic heterocycles. The van der Waals surface area contributed by atoms with E-state index in [1.807, 2.05) is 0 Å². The molecule has 5 saturated heterocycles. The summed E-state index contributed by atoms with van der Waals surface area (Å²) in [7, 11) is -1.98. The first-order chi connectivity index (χ1) is 17.4. The van der Waals surface area contributed by atoms with Crippen molar-refractivity contribution < 1.29 is 26.4 Å². The van der Waals surface area contributed by atoms with Gasteiger partial charge in [0.25, 0.3) is 0 Å². The van der Waals surface area contributed by atoms with Crippen molar-refractivity contribution in [3.8, 4) is 0 Å². The first kappa shape index (κ1) is 27.9. The van der Waals surface area contributed by atoms with Crippen molar-refractivity contribution in [3.63, 3.8) is 0 Å². The number of rotatable bonds is 4. The van der Waals surface area contributed by atoms with Gasteiger partial charge in [0.2, 0.25) is 5.91 Å². The number of hydrazine groups is 1. The third-order valence-electron chi connectivity index (χ3n) is 9.04. The van der Waals surface area contributed by atoms with Crippen LogP contribution in [0.5, 0.6) is 0 Å². The first-order valence-corrected chi connectivity index (χ1v) is 15.7. The number of carbonyl (C=O) groups excluding carboxylic acids is 1. The van der Waals surface area contributed by atoms with Gasteiger partial charge in [0, 0.05) is 57.0 Å². The van der Waals surface area contributed by atoms with E-state index in [9.17, 15) is 26.4 Å². The lowest BCUT2D eigenvalue weighted by atomic mass is 9.86. The molecule has 3 N–H and O–H groups in total. The Morgan fingerprint density at radius 3 is 2.38 bits per heavy atom. The number of hydrogen-bond acceptors (Lipinski definition) is 8. The van der Waals surface area contributed by atoms with Gasteiger partial charge in [-0.1, -0.05) is 0 Å². The number of alkyl halides is 4. The van der Waals surface area contributed by atoms with E-state index >= 15 is 0 Å². The van der Waals surface area contributed by atoms with Crippen molar-refractivity contribution >= 4 is 27.3 Å². The van der Waals surface area contributed by atoms with Crippen molar-refractivity contribution in [2.75, 3.05) is 38.2 Å². The minimum absolute atomic E-state index is 0.0183. The second-order valence-electron chi connectivity index (χ2n) is 11.3. The lowest BCUT2D eigenvalue weighted by Crippen LogP contribution is -2.72. The number of piperidine rings is 2. The Morgan fingerprint density at radius 2 is 1.73 bits per heavy atom. The van der Waals surface area contributed by atoms with Crippen LogP contribution >= 0.6 is 11.6 Å². The number of fused-ring (bicyclic) bond motifs is 3. The molecule has 7 atom stereocenters. The minimum Gasteiger partial charge on any atom is -0.333 e. The van der Waals surface area contributed by atoms with Crippen LogP contribution in [0.3, 0.4) is 0 Å². The van der Waals surface area contributed by atoms with Crippen LogP contribution in [0, 0.1) is 11.8 Å². The molecule has 0 radical (unpaired) electrons. The molecule has 0 bridgehead atoms. The average molecular weight is 571 g/mol. The maximum absolute atomic E-state index is 14.3. The van der Waals surface area contributed by atoms with E-state index in [0.717, 1.165) is 37.3 Å². The molecule has 5 rings (SSSR count). The summed E-state index contributed by atoms with van der Waals surface area (Å²) in [5.74, 6) is -2.33. The highest BCUT2D eigenvalue weighted by Crippen LogP contribution is 2.37. The molecule has 0 aromatic rings. The van der Waals surface area contributed by atoms with Crippen LogP contribution in [0.1, 0.15) is 44.9 Å². The summed E-state index contributed by atoms with van der Waals surface area (Å²) in [5, 5.41) is 9.20. The molecular weight excluding hydrogens is 533 g/mol. The normalized spacial score (nSPS) is 38.5. The Kier molecular flexibility index (Phi) is 8.05. The molecule has 9 nitrogen and oxygen atoms in total. The molecule has 5 heterocycles. The van der Waals surface area contributed by atoms with E-state index in [1.165, 1.54) is 7.05 Å². The molecule has 37 heavy (non-hydrogen) atoms. The smallest absolute Gasteiger partial charge is 0.333 e. The highest BCUT2D eigenvalue weighted by atomic mass is 35.5. The van der Waals surface area contributed by atoms with Gasteiger partial charge in [-0.25, -0.2) is 18.9 Å². The van der Waals surface area contributed by atoms with Crippen LogP contribution in [0.15, 0.2) is 0 Å². The summed E-state index contributed by atoms with van der Waals surface area (Å²) in [6, 6.07) is -1.36. The van der Waals surface area contributed by atoms with Gasteiger partial charge < -0.3 is 10.2 Å². The molecule has 0 aromatic carbocycles. The van der Waals surface area contributed by atoms with E-state index in [4.69, 9.17) is 11.6 Å². The van der Waals surface area contributed by atoms with Gasteiger partial charge in [0.1, 0.15) is 15.9 Å². The molecule has 0 spiro atoms. The van der Waals surface area contributed by atoms with Gasteiger partial charge in [-0.05, 0) is 38.5 Å². The van der Waals surface area contributed by atoms with Gasteiger partial charge >= 0.3 is 6.18 Å². The molecule has 14 heteroatoms. The van der Waals surface area contributed by atoms with Crippen LogP contribution in [0.4, 0.5) is 13.2 Å². The number of nitrogens with zero attached hydrogens (tertiary/aromatic N) is 3. The monoisotopic (exact) mass is 570 g/mol. The van der Waals surface area contributed by atoms with Crippen molar-refractivity contribution in [1.82, 2.24) is 30.9 Å². The zero-order chi connectivity index (χ0) is 26.5. The van der Waals surface area contributed by atoms with E-state index in [1.54, 1.807) is 0 Å². The molecule has 5 aliphatic heterocycles. The van der Waals surface area contributed by atoms with E-state index < -0.39 is 39.8 Å². The van der Waals surface area contributed by atoms with E-state index in [0.29, 0.717) is 18.9 Å². The Labute approximate surface area is 221 Å². The Balaban J connectivity index is 1.22. The van der Waals surface area contributed by atoms with E-state index in [2.05, 4.69) is 26.0 Å². The fraction of sp³-hybridized carbons (Fsp3) is 0.957. The third-order valence-corrected chi connectivity index (χ3v) is 11.0. The van der Waals surface area contributed by atoms with Crippen LogP contribution in [0.2, 0.25) is 0 Å². The largest absolute Gasteiger partial charge is 0.409 e. The maximum atomic E-state index is 14.3. The molecule has 6 unspecified atom stereocenters. The topological polar surface area (TPSA) is 97.0 Å². The van der Waals surface area contributed by atoms with Crippen LogP contribution in [0.25, 0.3) is 0 Å². The number of nitrogens with one attached hydrogen (secondary N) is 3. The zero-order valence-electron chi connectivity index (χ0n) is 21.1. The minimum atomic E-state index is -4.57. The molecule has 5 fully saturated rings. The lowest BCUT2D eigenvalue weighted by Gasteiger charge is -2.53. The van der Waals surface area contributed by atoms with Crippen LogP contribution in [-0.4, -0.2) is 109 Å². The predicted octanol–water partition coefficient (Wildman–Crippen LogP) is 1.06. The van der Waals surface area contributed by atoms with E-state index in [-0.39, 0.29) is 54.8 Å². The molecule has 0 saturated carbocycles. The Morgan fingerprint density at radius 1 is 1.03 bits per heavy atom. The Hall–Kier alpha value is -0.700. The van der Waals surface area contributed by atoms with Gasteiger partial charge in [-0.2, -0.15) is 13.2 Å². The fourth-order valence-electron chi connectivity index (χ4n) is 7.19. The van der Waals surface area contributed by atoms with Crippen molar-refractivity contribution in [2.45, 2.75) is 87.1 Å². The molecule has 212 valence electrons. The number of hydrogen-bond donors (Lipinski definition) is 3. The predicted molar refractivity (Wildman–Crippen MR) is 133 cm³/mol. The van der Waals surface area contributed by atoms with Crippen LogP contribution < -0.4 is 16.1 Å². The highest BCUT2D eigenvalue weighted by Gasteiger charge is 2.52. The first-order valence-electron chi connectivity index (χ1n) is 13.4. The molecule has 5 aliphatic rings. The second kappa shape index (κ2) is 10.7. The molecule has 1 amide bonds. The Bertz CT molecular complexity index is 937.